The van der Waals surface area contributed by atoms with Crippen molar-refractivity contribution in [3.8, 4) is 0 Å². The first-order valence-electron chi connectivity index (χ1n) is 11.6. The van der Waals surface area contributed by atoms with E-state index in [0.717, 1.165) is 40.1 Å². The summed E-state index contributed by atoms with van der Waals surface area (Å²) in [5.41, 5.74) is 2.92. The van der Waals surface area contributed by atoms with Crippen LogP contribution in [0.3, 0.4) is 0 Å². The van der Waals surface area contributed by atoms with Crippen molar-refractivity contribution in [1.29, 1.82) is 0 Å². The van der Waals surface area contributed by atoms with E-state index < -0.39 is 0 Å². The molecule has 0 saturated carbocycles. The molecule has 3 aromatic carbocycles. The Hall–Kier alpha value is -2.87. The molecule has 1 heterocycles. The highest BCUT2D eigenvalue weighted by Gasteiger charge is 2.30. The predicted molar refractivity (Wildman–Crippen MR) is 147 cm³/mol. The van der Waals surface area contributed by atoms with Gasteiger partial charge < -0.3 is 10.6 Å². The number of anilines is 1. The molecule has 3 aromatic rings. The fourth-order valence-corrected chi connectivity index (χ4v) is 5.33. The van der Waals surface area contributed by atoms with E-state index in [0.29, 0.717) is 4.91 Å². The van der Waals surface area contributed by atoms with Gasteiger partial charge in [-0.25, -0.2) is 0 Å². The molecule has 0 spiro atoms. The van der Waals surface area contributed by atoms with Crippen LogP contribution in [0, 0.1) is 0 Å². The lowest BCUT2D eigenvalue weighted by Gasteiger charge is -2.30. The molecule has 0 fully saturated rings. The summed E-state index contributed by atoms with van der Waals surface area (Å²) in [6.45, 7) is 3.56. The Kier molecular flexibility index (Phi) is 8.79. The predicted octanol–water partition coefficient (Wildman–Crippen LogP) is 5.61. The van der Waals surface area contributed by atoms with Crippen molar-refractivity contribution in [3.63, 3.8) is 0 Å². The number of carbonyl (C=O) groups is 2. The molecule has 2 amide bonds. The standard InChI is InChI=1S/C28H28BrN3O2S/c1-20(14-15-30-18-21-8-3-2-4-9-21)31-27(33)19-32-24-12-5-6-13-25(24)35-26(28(32)34)17-22-10-7-11-23(29)16-22/h2-13,16-17,20,30H,14-15,18-19H2,1H3,(H,31,33)/b26-17+/t20-/m0/s1. The van der Waals surface area contributed by atoms with E-state index in [2.05, 4.69) is 38.7 Å². The molecule has 7 heteroatoms. The molecule has 0 bridgehead atoms. The third kappa shape index (κ3) is 7.07. The average Bonchev–Trinajstić information content (AvgIpc) is 2.85. The van der Waals surface area contributed by atoms with Crippen LogP contribution in [0.15, 0.2) is 93.1 Å². The van der Waals surface area contributed by atoms with Gasteiger partial charge in [0, 0.05) is 22.0 Å². The van der Waals surface area contributed by atoms with Crippen LogP contribution in [-0.2, 0) is 16.1 Å². The summed E-state index contributed by atoms with van der Waals surface area (Å²) >= 11 is 4.92. The van der Waals surface area contributed by atoms with Crippen LogP contribution in [0.5, 0.6) is 0 Å². The van der Waals surface area contributed by atoms with Gasteiger partial charge in [-0.1, -0.05) is 82.3 Å². The maximum atomic E-state index is 13.4. The fourth-order valence-electron chi connectivity index (χ4n) is 3.85. The van der Waals surface area contributed by atoms with Gasteiger partial charge in [0.05, 0.1) is 10.6 Å². The molecular formula is C28H28BrN3O2S. The van der Waals surface area contributed by atoms with Crippen molar-refractivity contribution in [3.05, 3.63) is 99.4 Å². The summed E-state index contributed by atoms with van der Waals surface area (Å²) in [5, 5.41) is 6.45. The molecule has 180 valence electrons. The van der Waals surface area contributed by atoms with Gasteiger partial charge in [-0.15, -0.1) is 0 Å². The van der Waals surface area contributed by atoms with E-state index in [9.17, 15) is 9.59 Å². The van der Waals surface area contributed by atoms with Crippen molar-refractivity contribution in [2.45, 2.75) is 30.8 Å². The highest BCUT2D eigenvalue weighted by Crippen LogP contribution is 2.42. The minimum atomic E-state index is -0.169. The number of fused-ring (bicyclic) bond motifs is 1. The van der Waals surface area contributed by atoms with E-state index in [-0.39, 0.29) is 24.4 Å². The minimum absolute atomic E-state index is 0.00744. The fraction of sp³-hybridized carbons (Fsp3) is 0.214. The summed E-state index contributed by atoms with van der Waals surface area (Å²) in [6, 6.07) is 25.7. The molecule has 2 N–H and O–H groups in total. The topological polar surface area (TPSA) is 61.4 Å². The number of nitrogens with one attached hydrogen (secondary N) is 2. The maximum absolute atomic E-state index is 13.4. The van der Waals surface area contributed by atoms with Gasteiger partial charge in [-0.2, -0.15) is 0 Å². The average molecular weight is 551 g/mol. The van der Waals surface area contributed by atoms with Crippen LogP contribution >= 0.6 is 27.7 Å². The molecule has 0 saturated heterocycles. The molecule has 4 rings (SSSR count). The zero-order valence-electron chi connectivity index (χ0n) is 19.5. The third-order valence-corrected chi connectivity index (χ3v) is 7.18. The Bertz CT molecular complexity index is 1220. The molecule has 0 radical (unpaired) electrons. The van der Waals surface area contributed by atoms with Crippen LogP contribution in [-0.4, -0.2) is 30.9 Å². The van der Waals surface area contributed by atoms with Crippen LogP contribution in [0.4, 0.5) is 5.69 Å². The second-order valence-corrected chi connectivity index (χ2v) is 10.4. The smallest absolute Gasteiger partial charge is 0.265 e. The summed E-state index contributed by atoms with van der Waals surface area (Å²) in [5.74, 6) is -0.335. The first-order chi connectivity index (χ1) is 17.0. The zero-order chi connectivity index (χ0) is 24.6. The lowest BCUT2D eigenvalue weighted by Crippen LogP contribution is -2.45. The van der Waals surface area contributed by atoms with E-state index in [1.54, 1.807) is 4.90 Å². The molecule has 0 unspecified atom stereocenters. The molecule has 0 aromatic heterocycles. The van der Waals surface area contributed by atoms with Gasteiger partial charge in [-0.3, -0.25) is 14.5 Å². The Labute approximate surface area is 219 Å². The minimum Gasteiger partial charge on any atom is -0.352 e. The molecule has 5 nitrogen and oxygen atoms in total. The lowest BCUT2D eigenvalue weighted by molar-refractivity contribution is -0.122. The van der Waals surface area contributed by atoms with Crippen molar-refractivity contribution in [1.82, 2.24) is 10.6 Å². The van der Waals surface area contributed by atoms with Gasteiger partial charge in [0.25, 0.3) is 5.91 Å². The number of halogens is 1. The monoisotopic (exact) mass is 549 g/mol. The van der Waals surface area contributed by atoms with Gasteiger partial charge >= 0.3 is 0 Å². The quantitative estimate of drug-likeness (QED) is 0.269. The molecule has 1 aliphatic heterocycles. The summed E-state index contributed by atoms with van der Waals surface area (Å²) < 4.78 is 0.948. The maximum Gasteiger partial charge on any atom is 0.265 e. The highest BCUT2D eigenvalue weighted by atomic mass is 79.9. The van der Waals surface area contributed by atoms with Crippen molar-refractivity contribution in [2.75, 3.05) is 18.0 Å². The third-order valence-electron chi connectivity index (χ3n) is 5.61. The Morgan fingerprint density at radius 1 is 1.06 bits per heavy atom. The normalized spacial score (nSPS) is 15.1. The second-order valence-electron chi connectivity index (χ2n) is 8.44. The summed E-state index contributed by atoms with van der Waals surface area (Å²) in [4.78, 5) is 29.4. The Morgan fingerprint density at radius 3 is 2.63 bits per heavy atom. The lowest BCUT2D eigenvalue weighted by atomic mass is 10.2. The SMILES string of the molecule is C[C@@H](CCNCc1ccccc1)NC(=O)CN1C(=O)/C(=C\c2cccc(Br)c2)Sc2ccccc21. The van der Waals surface area contributed by atoms with E-state index in [4.69, 9.17) is 0 Å². The first-order valence-corrected chi connectivity index (χ1v) is 13.2. The van der Waals surface area contributed by atoms with Crippen LogP contribution in [0.25, 0.3) is 6.08 Å². The van der Waals surface area contributed by atoms with Gasteiger partial charge in [-0.05, 0) is 61.4 Å². The Morgan fingerprint density at radius 2 is 1.83 bits per heavy atom. The first kappa shape index (κ1) is 25.2. The number of rotatable bonds is 9. The number of benzene rings is 3. The molecule has 1 atom stereocenters. The number of nitrogens with zero attached hydrogens (tertiary/aromatic N) is 1. The second kappa shape index (κ2) is 12.2. The molecular weight excluding hydrogens is 522 g/mol. The molecule has 0 aliphatic carbocycles. The highest BCUT2D eigenvalue weighted by molar-refractivity contribution is 9.10. The van der Waals surface area contributed by atoms with Gasteiger partial charge in [0.2, 0.25) is 5.91 Å². The van der Waals surface area contributed by atoms with Gasteiger partial charge in [0.15, 0.2) is 0 Å². The summed E-state index contributed by atoms with van der Waals surface area (Å²) in [6.07, 6.45) is 2.67. The number of hydrogen-bond acceptors (Lipinski definition) is 4. The van der Waals surface area contributed by atoms with Gasteiger partial charge in [0.1, 0.15) is 6.54 Å². The van der Waals surface area contributed by atoms with Crippen molar-refractivity contribution >= 4 is 51.3 Å². The number of amides is 2. The largest absolute Gasteiger partial charge is 0.352 e. The van der Waals surface area contributed by atoms with Crippen molar-refractivity contribution in [2.24, 2.45) is 0 Å². The number of hydrogen-bond donors (Lipinski definition) is 2. The van der Waals surface area contributed by atoms with Crippen LogP contribution < -0.4 is 15.5 Å². The Balaban J connectivity index is 1.37. The summed E-state index contributed by atoms with van der Waals surface area (Å²) in [7, 11) is 0. The van der Waals surface area contributed by atoms with Crippen LogP contribution in [0.2, 0.25) is 0 Å². The van der Waals surface area contributed by atoms with E-state index >= 15 is 0 Å². The van der Waals surface area contributed by atoms with Crippen molar-refractivity contribution < 1.29 is 9.59 Å². The molecule has 1 aliphatic rings. The zero-order valence-corrected chi connectivity index (χ0v) is 21.9. The number of thioether (sulfide) groups is 1. The van der Waals surface area contributed by atoms with E-state index in [1.165, 1.54) is 17.3 Å². The van der Waals surface area contributed by atoms with Crippen LogP contribution in [0.1, 0.15) is 24.5 Å². The number of para-hydroxylation sites is 1. The van der Waals surface area contributed by atoms with E-state index in [1.807, 2.05) is 79.7 Å². The molecule has 35 heavy (non-hydrogen) atoms. The number of carbonyl (C=O) groups excluding carboxylic acids is 2.